The number of nitrogens with zero attached hydrogens (tertiary/aromatic N) is 2. The minimum atomic E-state index is 0.217. The van der Waals surface area contributed by atoms with Gasteiger partial charge in [-0.3, -0.25) is 0 Å². The van der Waals surface area contributed by atoms with Crippen LogP contribution < -0.4 is 15.2 Å². The van der Waals surface area contributed by atoms with Gasteiger partial charge in [-0.15, -0.1) is 0 Å². The molecule has 2 N–H and O–H groups in total. The maximum Gasteiger partial charge on any atom is 0.240 e. The van der Waals surface area contributed by atoms with Crippen molar-refractivity contribution in [1.29, 1.82) is 0 Å². The van der Waals surface area contributed by atoms with Gasteiger partial charge < -0.3 is 19.7 Å². The Morgan fingerprint density at radius 2 is 2.11 bits per heavy atom. The number of aromatic nitrogens is 2. The number of ether oxygens (including phenoxy) is 2. The molecule has 0 saturated carbocycles. The van der Waals surface area contributed by atoms with Gasteiger partial charge in [-0.05, 0) is 28.1 Å². The Labute approximate surface area is 111 Å². The predicted octanol–water partition coefficient (Wildman–Crippen LogP) is 1.73. The molecule has 7 heteroatoms. The van der Waals surface area contributed by atoms with Gasteiger partial charge in [0.25, 0.3) is 0 Å². The molecule has 18 heavy (non-hydrogen) atoms. The first-order valence-corrected chi connectivity index (χ1v) is 6.20. The highest BCUT2D eigenvalue weighted by atomic mass is 79.9. The van der Waals surface area contributed by atoms with Crippen LogP contribution in [0.3, 0.4) is 0 Å². The Morgan fingerprint density at radius 1 is 1.28 bits per heavy atom. The second-order valence-corrected chi connectivity index (χ2v) is 4.46. The molecule has 94 valence electrons. The van der Waals surface area contributed by atoms with E-state index < -0.39 is 0 Å². The maximum atomic E-state index is 5.57. The van der Waals surface area contributed by atoms with E-state index in [-0.39, 0.29) is 6.54 Å². The van der Waals surface area contributed by atoms with E-state index in [1.807, 2.05) is 12.1 Å². The molecule has 0 amide bonds. The zero-order valence-corrected chi connectivity index (χ0v) is 10.9. The highest BCUT2D eigenvalue weighted by Crippen LogP contribution is 2.42. The lowest BCUT2D eigenvalue weighted by Gasteiger charge is -2.20. The molecular formula is C11H10BrN3O3. The molecule has 3 rings (SSSR count). The summed E-state index contributed by atoms with van der Waals surface area (Å²) >= 11 is 3.48. The Hall–Kier alpha value is -1.60. The van der Waals surface area contributed by atoms with Gasteiger partial charge in [0.1, 0.15) is 13.2 Å². The van der Waals surface area contributed by atoms with E-state index in [1.165, 1.54) is 0 Å². The van der Waals surface area contributed by atoms with E-state index in [4.69, 9.17) is 19.7 Å². The Morgan fingerprint density at radius 3 is 2.89 bits per heavy atom. The van der Waals surface area contributed by atoms with Crippen LogP contribution in [-0.2, 0) is 6.54 Å². The van der Waals surface area contributed by atoms with Crippen molar-refractivity contribution in [2.75, 3.05) is 13.2 Å². The normalized spacial score (nSPS) is 13.7. The minimum absolute atomic E-state index is 0.217. The van der Waals surface area contributed by atoms with Crippen LogP contribution in [0.15, 0.2) is 21.1 Å². The molecule has 0 fully saturated rings. The molecule has 0 saturated heterocycles. The number of benzene rings is 1. The van der Waals surface area contributed by atoms with Crippen LogP contribution >= 0.6 is 15.9 Å². The van der Waals surface area contributed by atoms with Crippen molar-refractivity contribution < 1.29 is 14.0 Å². The van der Waals surface area contributed by atoms with E-state index in [0.29, 0.717) is 36.4 Å². The fourth-order valence-electron chi connectivity index (χ4n) is 1.70. The Kier molecular flexibility index (Phi) is 2.92. The molecular weight excluding hydrogens is 302 g/mol. The molecule has 1 aliphatic rings. The van der Waals surface area contributed by atoms with Gasteiger partial charge in [0, 0.05) is 5.56 Å². The molecule has 0 radical (unpaired) electrons. The van der Waals surface area contributed by atoms with E-state index in [1.54, 1.807) is 0 Å². The van der Waals surface area contributed by atoms with Crippen LogP contribution in [0.5, 0.6) is 11.5 Å². The maximum absolute atomic E-state index is 5.57. The third-order valence-corrected chi connectivity index (χ3v) is 3.32. The summed E-state index contributed by atoms with van der Waals surface area (Å²) < 4.78 is 16.8. The molecule has 0 bridgehead atoms. The summed E-state index contributed by atoms with van der Waals surface area (Å²) in [4.78, 5) is 4.18. The van der Waals surface area contributed by atoms with Crippen molar-refractivity contribution in [2.45, 2.75) is 6.54 Å². The molecule has 0 aliphatic carbocycles. The largest absolute Gasteiger partial charge is 0.486 e. The zero-order chi connectivity index (χ0) is 12.5. The SMILES string of the molecule is NCc1nc(-c2ccc3c(c2Br)OCCO3)no1. The number of rotatable bonds is 2. The molecule has 1 aromatic carbocycles. The quantitative estimate of drug-likeness (QED) is 0.909. The van der Waals surface area contributed by atoms with E-state index >= 15 is 0 Å². The third-order valence-electron chi connectivity index (χ3n) is 2.53. The lowest BCUT2D eigenvalue weighted by Crippen LogP contribution is -2.15. The molecule has 0 spiro atoms. The van der Waals surface area contributed by atoms with Gasteiger partial charge in [-0.2, -0.15) is 4.98 Å². The second-order valence-electron chi connectivity index (χ2n) is 3.67. The van der Waals surface area contributed by atoms with E-state index in [9.17, 15) is 0 Å². The first-order chi connectivity index (χ1) is 8.79. The standard InChI is InChI=1S/C11H10BrN3O3/c12-9-6(11-14-8(5-13)18-15-11)1-2-7-10(9)17-4-3-16-7/h1-2H,3-5,13H2. The fraction of sp³-hybridized carbons (Fsp3) is 0.273. The van der Waals surface area contributed by atoms with Crippen molar-refractivity contribution in [3.8, 4) is 22.9 Å². The summed E-state index contributed by atoms with van der Waals surface area (Å²) in [7, 11) is 0. The molecule has 2 aromatic rings. The molecule has 1 aromatic heterocycles. The van der Waals surface area contributed by atoms with Gasteiger partial charge in [0.2, 0.25) is 11.7 Å². The zero-order valence-electron chi connectivity index (χ0n) is 9.35. The molecule has 0 unspecified atom stereocenters. The molecule has 1 aliphatic heterocycles. The predicted molar refractivity (Wildman–Crippen MR) is 66.3 cm³/mol. The highest BCUT2D eigenvalue weighted by molar-refractivity contribution is 9.10. The topological polar surface area (TPSA) is 83.4 Å². The molecule has 0 atom stereocenters. The summed E-state index contributed by atoms with van der Waals surface area (Å²) in [5.41, 5.74) is 6.22. The second kappa shape index (κ2) is 4.58. The van der Waals surface area contributed by atoms with Crippen LogP contribution in [0.25, 0.3) is 11.4 Å². The van der Waals surface area contributed by atoms with Gasteiger partial charge in [-0.1, -0.05) is 5.16 Å². The first-order valence-electron chi connectivity index (χ1n) is 5.40. The number of nitrogens with two attached hydrogens (primary N) is 1. The van der Waals surface area contributed by atoms with Crippen molar-refractivity contribution >= 4 is 15.9 Å². The summed E-state index contributed by atoms with van der Waals surface area (Å²) in [5.74, 6) is 2.24. The fourth-order valence-corrected chi connectivity index (χ4v) is 2.32. The van der Waals surface area contributed by atoms with Crippen molar-refractivity contribution in [3.63, 3.8) is 0 Å². The lowest BCUT2D eigenvalue weighted by molar-refractivity contribution is 0.170. The van der Waals surface area contributed by atoms with Gasteiger partial charge in [-0.25, -0.2) is 0 Å². The summed E-state index contributed by atoms with van der Waals surface area (Å²) in [6.07, 6.45) is 0. The number of hydrogen-bond acceptors (Lipinski definition) is 6. The minimum Gasteiger partial charge on any atom is -0.486 e. The number of fused-ring (bicyclic) bond motifs is 1. The van der Waals surface area contributed by atoms with Crippen molar-refractivity contribution in [3.05, 3.63) is 22.5 Å². The summed E-state index contributed by atoms with van der Waals surface area (Å²) in [6.45, 7) is 1.29. The number of halogens is 1. The van der Waals surface area contributed by atoms with Gasteiger partial charge >= 0.3 is 0 Å². The third kappa shape index (κ3) is 1.85. The molecule has 2 heterocycles. The smallest absolute Gasteiger partial charge is 0.240 e. The Balaban J connectivity index is 2.07. The lowest BCUT2D eigenvalue weighted by atomic mass is 10.2. The summed E-state index contributed by atoms with van der Waals surface area (Å²) in [6, 6.07) is 3.68. The van der Waals surface area contributed by atoms with E-state index in [0.717, 1.165) is 10.0 Å². The van der Waals surface area contributed by atoms with Gasteiger partial charge in [0.05, 0.1) is 11.0 Å². The first kappa shape index (κ1) is 11.5. The van der Waals surface area contributed by atoms with Gasteiger partial charge in [0.15, 0.2) is 11.5 Å². The average Bonchev–Trinajstić information content (AvgIpc) is 2.88. The highest BCUT2D eigenvalue weighted by Gasteiger charge is 2.20. The average molecular weight is 312 g/mol. The van der Waals surface area contributed by atoms with Crippen LogP contribution in [0.1, 0.15) is 5.89 Å². The van der Waals surface area contributed by atoms with Crippen LogP contribution in [0.2, 0.25) is 0 Å². The summed E-state index contributed by atoms with van der Waals surface area (Å²) in [5, 5.41) is 3.87. The van der Waals surface area contributed by atoms with Crippen LogP contribution in [-0.4, -0.2) is 23.4 Å². The van der Waals surface area contributed by atoms with Crippen molar-refractivity contribution in [1.82, 2.24) is 10.1 Å². The van der Waals surface area contributed by atoms with Crippen LogP contribution in [0, 0.1) is 0 Å². The monoisotopic (exact) mass is 311 g/mol. The molecule has 6 nitrogen and oxygen atoms in total. The number of hydrogen-bond donors (Lipinski definition) is 1. The van der Waals surface area contributed by atoms with E-state index in [2.05, 4.69) is 26.1 Å². The Bertz CT molecular complexity index is 585. The van der Waals surface area contributed by atoms with Crippen LogP contribution in [0.4, 0.5) is 0 Å². The van der Waals surface area contributed by atoms with Crippen molar-refractivity contribution in [2.24, 2.45) is 5.73 Å².